The third-order valence-corrected chi connectivity index (χ3v) is 5.81. The van der Waals surface area contributed by atoms with Crippen LogP contribution in [0.3, 0.4) is 0 Å². The van der Waals surface area contributed by atoms with Crippen LogP contribution >= 0.6 is 11.3 Å². The highest BCUT2D eigenvalue weighted by Gasteiger charge is 2.34. The number of hydrogen-bond donors (Lipinski definition) is 1. The van der Waals surface area contributed by atoms with E-state index in [0.717, 1.165) is 34.4 Å². The molecule has 25 heavy (non-hydrogen) atoms. The number of anilines is 1. The summed E-state index contributed by atoms with van der Waals surface area (Å²) in [5, 5.41) is 9.18. The van der Waals surface area contributed by atoms with Crippen molar-refractivity contribution in [3.05, 3.63) is 30.7 Å². The Balaban J connectivity index is 1.48. The number of rotatable bonds is 6. The molecule has 4 rings (SSSR count). The van der Waals surface area contributed by atoms with Gasteiger partial charge in [-0.3, -0.25) is 4.98 Å². The first kappa shape index (κ1) is 16.5. The van der Waals surface area contributed by atoms with Crippen molar-refractivity contribution in [1.82, 2.24) is 24.5 Å². The van der Waals surface area contributed by atoms with E-state index in [1.165, 1.54) is 25.7 Å². The maximum atomic E-state index is 4.68. The minimum absolute atomic E-state index is 0.373. The topological polar surface area (TPSA) is 58.4 Å². The molecule has 0 aliphatic heterocycles. The minimum Gasteiger partial charge on any atom is -0.359 e. The average Bonchev–Trinajstić information content (AvgIpc) is 3.28. The van der Waals surface area contributed by atoms with Gasteiger partial charge in [0.1, 0.15) is 0 Å². The molecule has 0 bridgehead atoms. The fraction of sp³-hybridized carbons (Fsp3) is 0.500. The lowest BCUT2D eigenvalue weighted by Crippen LogP contribution is -2.37. The van der Waals surface area contributed by atoms with Gasteiger partial charge in [-0.1, -0.05) is 24.2 Å². The van der Waals surface area contributed by atoms with E-state index in [1.54, 1.807) is 17.5 Å². The summed E-state index contributed by atoms with van der Waals surface area (Å²) in [6.45, 7) is 2.12. The van der Waals surface area contributed by atoms with Gasteiger partial charge in [0.2, 0.25) is 10.1 Å². The Morgan fingerprint density at radius 3 is 2.84 bits per heavy atom. The van der Waals surface area contributed by atoms with Crippen molar-refractivity contribution in [3.8, 4) is 11.3 Å². The van der Waals surface area contributed by atoms with Crippen LogP contribution in [-0.4, -0.2) is 51.7 Å². The number of hydrogen-bond acceptors (Lipinski definition) is 6. The van der Waals surface area contributed by atoms with E-state index in [4.69, 9.17) is 0 Å². The Bertz CT molecular complexity index is 800. The second-order valence-corrected chi connectivity index (χ2v) is 8.26. The number of pyridine rings is 1. The van der Waals surface area contributed by atoms with E-state index >= 15 is 0 Å². The van der Waals surface area contributed by atoms with E-state index in [1.807, 2.05) is 29.0 Å². The molecule has 1 saturated carbocycles. The van der Waals surface area contributed by atoms with Gasteiger partial charge in [-0.2, -0.15) is 0 Å². The molecule has 0 amide bonds. The largest absolute Gasteiger partial charge is 0.359 e. The molecule has 132 valence electrons. The van der Waals surface area contributed by atoms with Crippen molar-refractivity contribution in [2.24, 2.45) is 5.41 Å². The summed E-state index contributed by atoms with van der Waals surface area (Å²) >= 11 is 1.61. The van der Waals surface area contributed by atoms with Crippen LogP contribution in [0.5, 0.6) is 0 Å². The van der Waals surface area contributed by atoms with E-state index in [0.29, 0.717) is 5.41 Å². The summed E-state index contributed by atoms with van der Waals surface area (Å²) in [4.78, 5) is 12.1. The highest BCUT2D eigenvalue weighted by Crippen LogP contribution is 2.39. The normalized spacial score (nSPS) is 16.8. The molecule has 7 heteroatoms. The first-order valence-corrected chi connectivity index (χ1v) is 9.60. The molecule has 0 unspecified atom stereocenters. The van der Waals surface area contributed by atoms with Gasteiger partial charge < -0.3 is 10.2 Å². The lowest BCUT2D eigenvalue weighted by Gasteiger charge is -2.32. The van der Waals surface area contributed by atoms with Gasteiger partial charge >= 0.3 is 0 Å². The summed E-state index contributed by atoms with van der Waals surface area (Å²) in [5.74, 6) is 0. The van der Waals surface area contributed by atoms with E-state index in [2.05, 4.69) is 39.4 Å². The molecule has 1 N–H and O–H groups in total. The van der Waals surface area contributed by atoms with Crippen LogP contribution < -0.4 is 5.32 Å². The molecule has 1 aliphatic rings. The van der Waals surface area contributed by atoms with Gasteiger partial charge in [-0.15, -0.1) is 5.10 Å². The Labute approximate surface area is 151 Å². The third-order valence-electron chi connectivity index (χ3n) is 4.93. The maximum Gasteiger partial charge on any atom is 0.214 e. The second-order valence-electron chi connectivity index (χ2n) is 7.30. The molecule has 6 nitrogen and oxygen atoms in total. The third kappa shape index (κ3) is 3.52. The Morgan fingerprint density at radius 1 is 1.32 bits per heavy atom. The summed E-state index contributed by atoms with van der Waals surface area (Å²) < 4.78 is 1.86. The quantitative estimate of drug-likeness (QED) is 0.734. The van der Waals surface area contributed by atoms with Gasteiger partial charge in [0.05, 0.1) is 11.9 Å². The molecule has 0 atom stereocenters. The van der Waals surface area contributed by atoms with Crippen LogP contribution in [-0.2, 0) is 0 Å². The van der Waals surface area contributed by atoms with Crippen LogP contribution in [0.25, 0.3) is 16.2 Å². The molecule has 1 fully saturated rings. The van der Waals surface area contributed by atoms with Gasteiger partial charge in [0, 0.05) is 36.5 Å². The van der Waals surface area contributed by atoms with Crippen molar-refractivity contribution >= 4 is 21.4 Å². The van der Waals surface area contributed by atoms with E-state index in [-0.39, 0.29) is 0 Å². The molecule has 0 aromatic carbocycles. The van der Waals surface area contributed by atoms with Crippen LogP contribution in [0.1, 0.15) is 25.7 Å². The average molecular weight is 356 g/mol. The Hall–Kier alpha value is -1.99. The van der Waals surface area contributed by atoms with Gasteiger partial charge in [-0.25, -0.2) is 9.50 Å². The minimum atomic E-state index is 0.373. The zero-order valence-corrected chi connectivity index (χ0v) is 15.6. The highest BCUT2D eigenvalue weighted by atomic mass is 32.1. The van der Waals surface area contributed by atoms with Gasteiger partial charge in [0.25, 0.3) is 0 Å². The molecule has 3 aromatic heterocycles. The van der Waals surface area contributed by atoms with Crippen LogP contribution in [0.2, 0.25) is 0 Å². The van der Waals surface area contributed by atoms with Gasteiger partial charge in [-0.05, 0) is 39.1 Å². The lowest BCUT2D eigenvalue weighted by molar-refractivity contribution is 0.215. The number of fused-ring (bicyclic) bond motifs is 1. The number of imidazole rings is 1. The van der Waals surface area contributed by atoms with Crippen molar-refractivity contribution < 1.29 is 0 Å². The maximum absolute atomic E-state index is 4.68. The standard InChI is InChI=1S/C18H24N6S/c1-23(2)13-18(7-3-4-8-18)12-20-16-22-24-11-15(21-17(24)25-16)14-6-5-9-19-10-14/h5-6,9-11H,3-4,7-8,12-13H2,1-2H3,(H,20,22). The summed E-state index contributed by atoms with van der Waals surface area (Å²) in [5.41, 5.74) is 2.31. The molecule has 3 aromatic rings. The summed E-state index contributed by atoms with van der Waals surface area (Å²) in [6.07, 6.45) is 10.8. The van der Waals surface area contributed by atoms with Crippen LogP contribution in [0.4, 0.5) is 5.13 Å². The zero-order chi connectivity index (χ0) is 17.3. The Morgan fingerprint density at radius 2 is 2.16 bits per heavy atom. The van der Waals surface area contributed by atoms with Crippen molar-refractivity contribution in [1.29, 1.82) is 0 Å². The smallest absolute Gasteiger partial charge is 0.214 e. The Kier molecular flexibility index (Phi) is 4.43. The predicted molar refractivity (Wildman–Crippen MR) is 102 cm³/mol. The van der Waals surface area contributed by atoms with Crippen LogP contribution in [0, 0.1) is 5.41 Å². The van der Waals surface area contributed by atoms with Crippen molar-refractivity contribution in [2.45, 2.75) is 25.7 Å². The highest BCUT2D eigenvalue weighted by molar-refractivity contribution is 7.20. The monoisotopic (exact) mass is 356 g/mol. The number of nitrogens with zero attached hydrogens (tertiary/aromatic N) is 5. The fourth-order valence-electron chi connectivity index (χ4n) is 3.87. The lowest BCUT2D eigenvalue weighted by atomic mass is 9.85. The molecular weight excluding hydrogens is 332 g/mol. The van der Waals surface area contributed by atoms with E-state index in [9.17, 15) is 0 Å². The number of aromatic nitrogens is 4. The molecule has 1 aliphatic carbocycles. The van der Waals surface area contributed by atoms with Gasteiger partial charge in [0.15, 0.2) is 0 Å². The molecule has 3 heterocycles. The first-order valence-electron chi connectivity index (χ1n) is 8.79. The summed E-state index contributed by atoms with van der Waals surface area (Å²) in [6, 6.07) is 3.94. The molecular formula is C18H24N6S. The predicted octanol–water partition coefficient (Wildman–Crippen LogP) is 3.39. The van der Waals surface area contributed by atoms with Crippen LogP contribution in [0.15, 0.2) is 30.7 Å². The zero-order valence-electron chi connectivity index (χ0n) is 14.8. The van der Waals surface area contributed by atoms with Crippen molar-refractivity contribution in [3.63, 3.8) is 0 Å². The van der Waals surface area contributed by atoms with Crippen molar-refractivity contribution in [2.75, 3.05) is 32.5 Å². The molecule has 0 spiro atoms. The fourth-order valence-corrected chi connectivity index (χ4v) is 4.65. The summed E-state index contributed by atoms with van der Waals surface area (Å²) in [7, 11) is 4.33. The number of nitrogens with one attached hydrogen (secondary N) is 1. The van der Waals surface area contributed by atoms with E-state index < -0.39 is 0 Å². The molecule has 0 saturated heterocycles. The first-order chi connectivity index (χ1) is 12.1. The molecule has 0 radical (unpaired) electrons. The SMILES string of the molecule is CN(C)CC1(CNc2nn3cc(-c4cccnc4)nc3s2)CCCC1. The second kappa shape index (κ2) is 6.72.